The van der Waals surface area contributed by atoms with Gasteiger partial charge in [-0.1, -0.05) is 13.8 Å². The van der Waals surface area contributed by atoms with Crippen molar-refractivity contribution >= 4 is 5.97 Å². The van der Waals surface area contributed by atoms with Gasteiger partial charge in [-0.05, 0) is 0 Å². The molecular formula is C9H14N2O3. The molecule has 0 fully saturated rings. The van der Waals surface area contributed by atoms with E-state index in [9.17, 15) is 9.90 Å². The van der Waals surface area contributed by atoms with Crippen molar-refractivity contribution in [1.82, 2.24) is 9.55 Å². The first-order chi connectivity index (χ1) is 6.35. The van der Waals surface area contributed by atoms with Gasteiger partial charge in [-0.15, -0.1) is 0 Å². The minimum Gasteiger partial charge on any atom is -0.479 e. The highest BCUT2D eigenvalue weighted by Gasteiger charge is 2.36. The predicted octanol–water partition coefficient (Wildman–Crippen LogP) is 0.143. The fourth-order valence-electron chi connectivity index (χ4n) is 1.19. The Kier molecular flexibility index (Phi) is 2.62. The van der Waals surface area contributed by atoms with E-state index in [2.05, 4.69) is 4.98 Å². The van der Waals surface area contributed by atoms with Gasteiger partial charge < -0.3 is 14.8 Å². The molecule has 1 unspecified atom stereocenters. The normalized spacial score (nSPS) is 14.0. The molecule has 1 aromatic rings. The Hall–Kier alpha value is -1.36. The lowest BCUT2D eigenvalue weighted by Gasteiger charge is -2.25. The number of aliphatic carboxylic acids is 1. The average molecular weight is 198 g/mol. The second kappa shape index (κ2) is 3.42. The summed E-state index contributed by atoms with van der Waals surface area (Å²) in [5.74, 6) is -1.24. The first kappa shape index (κ1) is 10.7. The Bertz CT molecular complexity index is 344. The zero-order valence-corrected chi connectivity index (χ0v) is 8.43. The van der Waals surface area contributed by atoms with Gasteiger partial charge in [0.25, 0.3) is 0 Å². The summed E-state index contributed by atoms with van der Waals surface area (Å²) in [5, 5.41) is 18.2. The molecule has 78 valence electrons. The number of carbonyl (C=O) groups is 1. The van der Waals surface area contributed by atoms with Crippen molar-refractivity contribution in [2.24, 2.45) is 7.05 Å². The predicted molar refractivity (Wildman–Crippen MR) is 49.9 cm³/mol. The highest BCUT2D eigenvalue weighted by Crippen LogP contribution is 2.25. The van der Waals surface area contributed by atoms with E-state index in [1.54, 1.807) is 38.0 Å². The van der Waals surface area contributed by atoms with Crippen LogP contribution in [0.3, 0.4) is 0 Å². The molecule has 5 nitrogen and oxygen atoms in total. The van der Waals surface area contributed by atoms with Crippen molar-refractivity contribution in [2.45, 2.75) is 25.4 Å². The van der Waals surface area contributed by atoms with Gasteiger partial charge in [0.1, 0.15) is 0 Å². The number of hydrogen-bond acceptors (Lipinski definition) is 3. The van der Waals surface area contributed by atoms with Gasteiger partial charge in [0.05, 0.1) is 12.0 Å². The zero-order chi connectivity index (χ0) is 10.9. The molecule has 0 spiro atoms. The second-order valence-electron chi connectivity index (χ2n) is 3.89. The van der Waals surface area contributed by atoms with Crippen LogP contribution in [0.5, 0.6) is 0 Å². The van der Waals surface area contributed by atoms with Gasteiger partial charge in [0.15, 0.2) is 6.10 Å². The number of carboxylic acids is 1. The van der Waals surface area contributed by atoms with Crippen molar-refractivity contribution in [2.75, 3.05) is 0 Å². The summed E-state index contributed by atoms with van der Waals surface area (Å²) < 4.78 is 1.71. The third kappa shape index (κ3) is 1.77. The van der Waals surface area contributed by atoms with Gasteiger partial charge in [-0.2, -0.15) is 0 Å². The van der Waals surface area contributed by atoms with Gasteiger partial charge in [-0.25, -0.2) is 9.78 Å². The fourth-order valence-corrected chi connectivity index (χ4v) is 1.19. The van der Waals surface area contributed by atoms with E-state index in [1.807, 2.05) is 0 Å². The van der Waals surface area contributed by atoms with Crippen LogP contribution in [0.15, 0.2) is 12.5 Å². The van der Waals surface area contributed by atoms with Crippen molar-refractivity contribution in [1.29, 1.82) is 0 Å². The number of aliphatic hydroxyl groups is 1. The minimum atomic E-state index is -1.45. The second-order valence-corrected chi connectivity index (χ2v) is 3.89. The summed E-state index contributed by atoms with van der Waals surface area (Å²) in [6.07, 6.45) is 1.83. The van der Waals surface area contributed by atoms with Crippen LogP contribution in [-0.4, -0.2) is 31.8 Å². The molecule has 0 amide bonds. The smallest absolute Gasteiger partial charge is 0.333 e. The topological polar surface area (TPSA) is 75.3 Å². The lowest BCUT2D eigenvalue weighted by atomic mass is 9.83. The molecule has 1 heterocycles. The van der Waals surface area contributed by atoms with Crippen LogP contribution in [0.2, 0.25) is 0 Å². The number of aliphatic hydroxyl groups excluding tert-OH is 1. The highest BCUT2D eigenvalue weighted by molar-refractivity contribution is 5.74. The molecule has 0 aliphatic heterocycles. The molecule has 0 aromatic carbocycles. The molecule has 1 rings (SSSR count). The molecule has 1 aromatic heterocycles. The van der Waals surface area contributed by atoms with E-state index in [4.69, 9.17) is 5.11 Å². The number of aryl methyl sites for hydroxylation is 1. The standard InChI is InChI=1S/C9H14N2O3/c1-9(2,7(12)8(13)14)6-4-11(3)5-10-6/h4-5,7,12H,1-3H3,(H,13,14). The zero-order valence-electron chi connectivity index (χ0n) is 8.43. The Morgan fingerprint density at radius 1 is 1.64 bits per heavy atom. The number of hydrogen-bond donors (Lipinski definition) is 2. The molecule has 0 aliphatic rings. The molecular weight excluding hydrogens is 184 g/mol. The molecule has 0 bridgehead atoms. The van der Waals surface area contributed by atoms with Crippen LogP contribution in [0.1, 0.15) is 19.5 Å². The van der Waals surface area contributed by atoms with E-state index in [0.29, 0.717) is 5.69 Å². The molecule has 2 N–H and O–H groups in total. The van der Waals surface area contributed by atoms with E-state index in [0.717, 1.165) is 0 Å². The lowest BCUT2D eigenvalue weighted by Crippen LogP contribution is -2.40. The summed E-state index contributed by atoms with van der Waals surface area (Å²) in [5.41, 5.74) is -0.317. The maximum atomic E-state index is 10.6. The summed E-state index contributed by atoms with van der Waals surface area (Å²) in [6, 6.07) is 0. The Balaban J connectivity index is 3.01. The molecule has 0 saturated carbocycles. The van der Waals surface area contributed by atoms with Gasteiger partial charge in [0, 0.05) is 18.7 Å². The Morgan fingerprint density at radius 2 is 2.21 bits per heavy atom. The Morgan fingerprint density at radius 3 is 2.57 bits per heavy atom. The highest BCUT2D eigenvalue weighted by atomic mass is 16.4. The van der Waals surface area contributed by atoms with Crippen molar-refractivity contribution in [3.05, 3.63) is 18.2 Å². The van der Waals surface area contributed by atoms with Crippen LogP contribution in [0.25, 0.3) is 0 Å². The molecule has 0 saturated heterocycles. The van der Waals surface area contributed by atoms with Crippen LogP contribution in [-0.2, 0) is 17.3 Å². The van der Waals surface area contributed by atoms with Crippen molar-refractivity contribution in [3.8, 4) is 0 Å². The minimum absolute atomic E-state index is 0.565. The monoisotopic (exact) mass is 198 g/mol. The average Bonchev–Trinajstić information content (AvgIpc) is 2.50. The number of rotatable bonds is 3. The third-order valence-electron chi connectivity index (χ3n) is 2.28. The molecule has 5 heteroatoms. The SMILES string of the molecule is Cn1cnc(C(C)(C)C(O)C(=O)O)c1. The summed E-state index contributed by atoms with van der Waals surface area (Å²) in [4.78, 5) is 14.7. The molecule has 0 aliphatic carbocycles. The first-order valence-electron chi connectivity index (χ1n) is 4.25. The van der Waals surface area contributed by atoms with Gasteiger partial charge in [0.2, 0.25) is 0 Å². The summed E-state index contributed by atoms with van der Waals surface area (Å²) in [7, 11) is 1.79. The molecule has 1 atom stereocenters. The van der Waals surface area contributed by atoms with Crippen LogP contribution >= 0.6 is 0 Å². The number of imidazole rings is 1. The van der Waals surface area contributed by atoms with Gasteiger partial charge in [-0.3, -0.25) is 0 Å². The Labute approximate surface area is 82.0 Å². The van der Waals surface area contributed by atoms with E-state index in [-0.39, 0.29) is 0 Å². The van der Waals surface area contributed by atoms with Crippen LogP contribution in [0, 0.1) is 0 Å². The lowest BCUT2D eigenvalue weighted by molar-refractivity contribution is -0.150. The number of nitrogens with zero attached hydrogens (tertiary/aromatic N) is 2. The maximum absolute atomic E-state index is 10.6. The summed E-state index contributed by atoms with van der Waals surface area (Å²) in [6.45, 7) is 3.29. The summed E-state index contributed by atoms with van der Waals surface area (Å²) >= 11 is 0. The maximum Gasteiger partial charge on any atom is 0.333 e. The van der Waals surface area contributed by atoms with E-state index >= 15 is 0 Å². The number of carboxylic acid groups (broad SMARTS) is 1. The van der Waals surface area contributed by atoms with Crippen molar-refractivity contribution in [3.63, 3.8) is 0 Å². The van der Waals surface area contributed by atoms with E-state index in [1.165, 1.54) is 0 Å². The van der Waals surface area contributed by atoms with Crippen molar-refractivity contribution < 1.29 is 15.0 Å². The van der Waals surface area contributed by atoms with Crippen LogP contribution < -0.4 is 0 Å². The fraction of sp³-hybridized carbons (Fsp3) is 0.556. The first-order valence-corrected chi connectivity index (χ1v) is 4.25. The van der Waals surface area contributed by atoms with Crippen LogP contribution in [0.4, 0.5) is 0 Å². The molecule has 0 radical (unpaired) electrons. The largest absolute Gasteiger partial charge is 0.479 e. The molecule has 14 heavy (non-hydrogen) atoms. The van der Waals surface area contributed by atoms with E-state index < -0.39 is 17.5 Å². The van der Waals surface area contributed by atoms with Gasteiger partial charge >= 0.3 is 5.97 Å². The quantitative estimate of drug-likeness (QED) is 0.724. The third-order valence-corrected chi connectivity index (χ3v) is 2.28. The number of aromatic nitrogens is 2.